The molecule has 17 heavy (non-hydrogen) atoms. The first-order valence-corrected chi connectivity index (χ1v) is 7.24. The van der Waals surface area contributed by atoms with E-state index in [1.807, 2.05) is 6.92 Å². The standard InChI is InChI=1S/C14H26N2O/c1-2-15-12-13(17)16-10-8-14(9-11-16)6-4-3-5-7-14/h15H,2-12H2,1H3. The van der Waals surface area contributed by atoms with Gasteiger partial charge in [0, 0.05) is 13.1 Å². The fourth-order valence-electron chi connectivity index (χ4n) is 3.38. The maximum atomic E-state index is 11.9. The van der Waals surface area contributed by atoms with E-state index in [4.69, 9.17) is 0 Å². The van der Waals surface area contributed by atoms with Gasteiger partial charge in [0.1, 0.15) is 0 Å². The summed E-state index contributed by atoms with van der Waals surface area (Å²) in [4.78, 5) is 13.9. The van der Waals surface area contributed by atoms with Gasteiger partial charge < -0.3 is 10.2 Å². The Labute approximate surface area is 105 Å². The number of rotatable bonds is 3. The summed E-state index contributed by atoms with van der Waals surface area (Å²) in [6, 6.07) is 0. The SMILES string of the molecule is CCNCC(=O)N1CCC2(CCCCC2)CC1. The summed E-state index contributed by atoms with van der Waals surface area (Å²) in [5.74, 6) is 0.289. The minimum Gasteiger partial charge on any atom is -0.342 e. The topological polar surface area (TPSA) is 32.3 Å². The number of carbonyl (C=O) groups is 1. The molecule has 1 amide bonds. The molecule has 0 aromatic rings. The van der Waals surface area contributed by atoms with E-state index in [0.717, 1.165) is 19.6 Å². The van der Waals surface area contributed by atoms with Crippen LogP contribution >= 0.6 is 0 Å². The zero-order valence-corrected chi connectivity index (χ0v) is 11.1. The molecule has 2 rings (SSSR count). The summed E-state index contributed by atoms with van der Waals surface area (Å²) in [7, 11) is 0. The molecule has 0 unspecified atom stereocenters. The highest BCUT2D eigenvalue weighted by Crippen LogP contribution is 2.44. The van der Waals surface area contributed by atoms with Crippen LogP contribution in [0.2, 0.25) is 0 Å². The van der Waals surface area contributed by atoms with Crippen LogP contribution in [0.4, 0.5) is 0 Å². The van der Waals surface area contributed by atoms with Crippen LogP contribution in [0.5, 0.6) is 0 Å². The molecular formula is C14H26N2O. The number of hydrogen-bond acceptors (Lipinski definition) is 2. The zero-order chi connectivity index (χ0) is 12.1. The van der Waals surface area contributed by atoms with Gasteiger partial charge >= 0.3 is 0 Å². The number of nitrogens with one attached hydrogen (secondary N) is 1. The number of carbonyl (C=O) groups excluding carboxylic acids is 1. The maximum Gasteiger partial charge on any atom is 0.236 e. The smallest absolute Gasteiger partial charge is 0.236 e. The molecule has 1 aliphatic heterocycles. The summed E-state index contributed by atoms with van der Waals surface area (Å²) < 4.78 is 0. The lowest BCUT2D eigenvalue weighted by atomic mass is 9.68. The molecule has 0 aromatic carbocycles. The Morgan fingerprint density at radius 1 is 1.12 bits per heavy atom. The van der Waals surface area contributed by atoms with Gasteiger partial charge in [-0.1, -0.05) is 26.2 Å². The molecule has 1 spiro atoms. The van der Waals surface area contributed by atoms with E-state index in [9.17, 15) is 4.79 Å². The van der Waals surface area contributed by atoms with Crippen LogP contribution in [0.1, 0.15) is 51.9 Å². The minimum absolute atomic E-state index is 0.289. The summed E-state index contributed by atoms with van der Waals surface area (Å²) >= 11 is 0. The molecule has 98 valence electrons. The summed E-state index contributed by atoms with van der Waals surface area (Å²) in [6.45, 7) is 5.42. The number of likely N-dealkylation sites (tertiary alicyclic amines) is 1. The Bertz CT molecular complexity index is 249. The van der Waals surface area contributed by atoms with E-state index in [1.165, 1.54) is 44.9 Å². The first kappa shape index (κ1) is 12.9. The molecule has 2 fully saturated rings. The van der Waals surface area contributed by atoms with Gasteiger partial charge in [0.2, 0.25) is 5.91 Å². The molecule has 1 aliphatic carbocycles. The predicted molar refractivity (Wildman–Crippen MR) is 69.9 cm³/mol. The number of piperidine rings is 1. The normalized spacial score (nSPS) is 23.9. The zero-order valence-electron chi connectivity index (χ0n) is 11.1. The van der Waals surface area contributed by atoms with Gasteiger partial charge in [-0.25, -0.2) is 0 Å². The lowest BCUT2D eigenvalue weighted by Gasteiger charge is -2.44. The lowest BCUT2D eigenvalue weighted by molar-refractivity contribution is -0.132. The number of amides is 1. The molecule has 1 saturated carbocycles. The fourth-order valence-corrected chi connectivity index (χ4v) is 3.38. The van der Waals surface area contributed by atoms with Crippen molar-refractivity contribution >= 4 is 5.91 Å². The average molecular weight is 238 g/mol. The maximum absolute atomic E-state index is 11.9. The Morgan fingerprint density at radius 3 is 2.35 bits per heavy atom. The quantitative estimate of drug-likeness (QED) is 0.817. The molecule has 3 nitrogen and oxygen atoms in total. The van der Waals surface area contributed by atoms with E-state index >= 15 is 0 Å². The molecule has 3 heteroatoms. The molecule has 0 atom stereocenters. The summed E-state index contributed by atoms with van der Waals surface area (Å²) in [5.41, 5.74) is 0.604. The van der Waals surface area contributed by atoms with Crippen molar-refractivity contribution in [2.45, 2.75) is 51.9 Å². The van der Waals surface area contributed by atoms with E-state index in [0.29, 0.717) is 12.0 Å². The molecular weight excluding hydrogens is 212 g/mol. The molecule has 0 aromatic heterocycles. The van der Waals surface area contributed by atoms with Crippen molar-refractivity contribution in [2.24, 2.45) is 5.41 Å². The molecule has 0 bridgehead atoms. The van der Waals surface area contributed by atoms with E-state index in [2.05, 4.69) is 10.2 Å². The van der Waals surface area contributed by atoms with Crippen molar-refractivity contribution < 1.29 is 4.79 Å². The average Bonchev–Trinajstić information content (AvgIpc) is 2.38. The molecule has 1 N–H and O–H groups in total. The molecule has 2 aliphatic rings. The Hall–Kier alpha value is -0.570. The minimum atomic E-state index is 0.289. The Kier molecular flexibility index (Phi) is 4.43. The van der Waals surface area contributed by atoms with E-state index in [1.54, 1.807) is 0 Å². The second kappa shape index (κ2) is 5.85. The Morgan fingerprint density at radius 2 is 1.76 bits per heavy atom. The summed E-state index contributed by atoms with van der Waals surface area (Å²) in [6.07, 6.45) is 9.53. The summed E-state index contributed by atoms with van der Waals surface area (Å²) in [5, 5.41) is 3.13. The van der Waals surface area contributed by atoms with Crippen LogP contribution in [0.15, 0.2) is 0 Å². The van der Waals surface area contributed by atoms with Crippen LogP contribution in [0.3, 0.4) is 0 Å². The van der Waals surface area contributed by atoms with Gasteiger partial charge in [0.05, 0.1) is 6.54 Å². The highest BCUT2D eigenvalue weighted by atomic mass is 16.2. The largest absolute Gasteiger partial charge is 0.342 e. The second-order valence-corrected chi connectivity index (χ2v) is 5.72. The van der Waals surface area contributed by atoms with Crippen LogP contribution < -0.4 is 5.32 Å². The van der Waals surface area contributed by atoms with Crippen LogP contribution in [0.25, 0.3) is 0 Å². The Balaban J connectivity index is 1.78. The highest BCUT2D eigenvalue weighted by Gasteiger charge is 2.36. The van der Waals surface area contributed by atoms with Crippen molar-refractivity contribution in [1.29, 1.82) is 0 Å². The first-order chi connectivity index (χ1) is 8.26. The third-order valence-electron chi connectivity index (χ3n) is 4.62. The molecule has 0 radical (unpaired) electrons. The third kappa shape index (κ3) is 3.21. The van der Waals surface area contributed by atoms with Gasteiger partial charge in [0.15, 0.2) is 0 Å². The van der Waals surface area contributed by atoms with Crippen molar-refractivity contribution in [1.82, 2.24) is 10.2 Å². The number of nitrogens with zero attached hydrogens (tertiary/aromatic N) is 1. The van der Waals surface area contributed by atoms with Crippen molar-refractivity contribution in [3.8, 4) is 0 Å². The first-order valence-electron chi connectivity index (χ1n) is 7.24. The fraction of sp³-hybridized carbons (Fsp3) is 0.929. The monoisotopic (exact) mass is 238 g/mol. The van der Waals surface area contributed by atoms with Crippen LogP contribution in [-0.2, 0) is 4.79 Å². The lowest BCUT2D eigenvalue weighted by Crippen LogP contribution is -2.46. The van der Waals surface area contributed by atoms with Gasteiger partial charge in [-0.3, -0.25) is 4.79 Å². The van der Waals surface area contributed by atoms with Crippen molar-refractivity contribution in [2.75, 3.05) is 26.2 Å². The molecule has 1 heterocycles. The molecule has 1 saturated heterocycles. The third-order valence-corrected chi connectivity index (χ3v) is 4.62. The van der Waals surface area contributed by atoms with Crippen LogP contribution in [-0.4, -0.2) is 37.0 Å². The van der Waals surface area contributed by atoms with Gasteiger partial charge in [-0.15, -0.1) is 0 Å². The van der Waals surface area contributed by atoms with Crippen molar-refractivity contribution in [3.63, 3.8) is 0 Å². The van der Waals surface area contributed by atoms with E-state index < -0.39 is 0 Å². The number of likely N-dealkylation sites (N-methyl/N-ethyl adjacent to an activating group) is 1. The second-order valence-electron chi connectivity index (χ2n) is 5.72. The van der Waals surface area contributed by atoms with Gasteiger partial charge in [0.25, 0.3) is 0 Å². The van der Waals surface area contributed by atoms with E-state index in [-0.39, 0.29) is 5.91 Å². The van der Waals surface area contributed by atoms with Crippen LogP contribution in [0, 0.1) is 5.41 Å². The van der Waals surface area contributed by atoms with Gasteiger partial charge in [-0.2, -0.15) is 0 Å². The highest BCUT2D eigenvalue weighted by molar-refractivity contribution is 5.78. The van der Waals surface area contributed by atoms with Crippen molar-refractivity contribution in [3.05, 3.63) is 0 Å². The number of hydrogen-bond donors (Lipinski definition) is 1. The van der Waals surface area contributed by atoms with Gasteiger partial charge in [-0.05, 0) is 37.6 Å². The predicted octanol–water partition coefficient (Wildman–Crippen LogP) is 2.17.